The van der Waals surface area contributed by atoms with E-state index in [1.165, 1.54) is 24.3 Å². The average molecular weight is 519 g/mol. The third-order valence-corrected chi connectivity index (χ3v) is 6.65. The van der Waals surface area contributed by atoms with Crippen LogP contribution in [0.25, 0.3) is 11.5 Å². The zero-order valence-corrected chi connectivity index (χ0v) is 20.5. The van der Waals surface area contributed by atoms with E-state index in [2.05, 4.69) is 25.4 Å². The fourth-order valence-corrected chi connectivity index (χ4v) is 4.47. The van der Waals surface area contributed by atoms with E-state index in [9.17, 15) is 14.0 Å². The predicted octanol–water partition coefficient (Wildman–Crippen LogP) is 3.96. The molecular formula is C26H23FN6O3S. The fourth-order valence-electron chi connectivity index (χ4n) is 3.90. The van der Waals surface area contributed by atoms with Crippen LogP contribution in [0, 0.1) is 5.82 Å². The maximum Gasteiger partial charge on any atom is 0.277 e. The SMILES string of the molecule is O=C(CSc1nnc(-c2ccncc2)o1)Nc1ccc(N2CCN(C(=O)c3ccc(F)cc3)CC2)cc1. The first kappa shape index (κ1) is 24.4. The number of halogens is 1. The van der Waals surface area contributed by atoms with Crippen LogP contribution in [0.4, 0.5) is 15.8 Å². The highest BCUT2D eigenvalue weighted by atomic mass is 32.2. The van der Waals surface area contributed by atoms with Gasteiger partial charge in [-0.15, -0.1) is 10.2 Å². The van der Waals surface area contributed by atoms with Crippen molar-refractivity contribution in [2.24, 2.45) is 0 Å². The first-order chi connectivity index (χ1) is 18.0. The summed E-state index contributed by atoms with van der Waals surface area (Å²) in [7, 11) is 0. The van der Waals surface area contributed by atoms with Crippen LogP contribution in [0.2, 0.25) is 0 Å². The number of aromatic nitrogens is 3. The Morgan fingerprint density at radius 3 is 2.32 bits per heavy atom. The Balaban J connectivity index is 1.08. The van der Waals surface area contributed by atoms with E-state index >= 15 is 0 Å². The molecule has 1 aliphatic heterocycles. The molecule has 0 spiro atoms. The standard InChI is InChI=1S/C26H23FN6O3S/c27-20-3-1-19(2-4-20)25(35)33-15-13-32(14-16-33)22-7-5-21(6-8-22)29-23(34)17-37-26-31-30-24(36-26)18-9-11-28-12-10-18/h1-12H,13-17H2,(H,29,34). The maximum atomic E-state index is 13.1. The van der Waals surface area contributed by atoms with Gasteiger partial charge in [0, 0.05) is 61.1 Å². The molecule has 0 atom stereocenters. The molecule has 2 amide bonds. The van der Waals surface area contributed by atoms with Gasteiger partial charge in [0.15, 0.2) is 0 Å². The highest BCUT2D eigenvalue weighted by Gasteiger charge is 2.22. The highest BCUT2D eigenvalue weighted by Crippen LogP contribution is 2.24. The first-order valence-electron chi connectivity index (χ1n) is 11.6. The molecule has 3 heterocycles. The Kier molecular flexibility index (Phi) is 7.41. The average Bonchev–Trinajstić information content (AvgIpc) is 3.42. The molecule has 0 bridgehead atoms. The lowest BCUT2D eigenvalue weighted by molar-refractivity contribution is -0.113. The molecule has 0 saturated carbocycles. The van der Waals surface area contributed by atoms with E-state index in [1.54, 1.807) is 29.4 Å². The fraction of sp³-hybridized carbons (Fsp3) is 0.192. The number of nitrogens with zero attached hydrogens (tertiary/aromatic N) is 5. The Morgan fingerprint density at radius 2 is 1.62 bits per heavy atom. The molecule has 37 heavy (non-hydrogen) atoms. The molecule has 1 N–H and O–H groups in total. The summed E-state index contributed by atoms with van der Waals surface area (Å²) in [5.74, 6) is -0.133. The summed E-state index contributed by atoms with van der Waals surface area (Å²) >= 11 is 1.16. The minimum atomic E-state index is -0.359. The van der Waals surface area contributed by atoms with Crippen LogP contribution in [0.1, 0.15) is 10.4 Å². The quantitative estimate of drug-likeness (QED) is 0.367. The Labute approximate surface area is 216 Å². The van der Waals surface area contributed by atoms with Crippen LogP contribution < -0.4 is 10.2 Å². The van der Waals surface area contributed by atoms with Crippen molar-refractivity contribution in [1.29, 1.82) is 0 Å². The number of nitrogens with one attached hydrogen (secondary N) is 1. The maximum absolute atomic E-state index is 13.1. The number of hydrogen-bond donors (Lipinski definition) is 1. The lowest BCUT2D eigenvalue weighted by Gasteiger charge is -2.36. The van der Waals surface area contributed by atoms with Gasteiger partial charge in [0.05, 0.1) is 5.75 Å². The first-order valence-corrected chi connectivity index (χ1v) is 12.6. The Hall–Kier alpha value is -4.25. The molecule has 0 unspecified atom stereocenters. The monoisotopic (exact) mass is 518 g/mol. The largest absolute Gasteiger partial charge is 0.411 e. The number of hydrogen-bond acceptors (Lipinski definition) is 8. The molecular weight excluding hydrogens is 495 g/mol. The van der Waals surface area contributed by atoms with Crippen LogP contribution in [-0.4, -0.2) is 63.8 Å². The molecule has 1 saturated heterocycles. The van der Waals surface area contributed by atoms with E-state index in [-0.39, 0.29) is 23.4 Å². The lowest BCUT2D eigenvalue weighted by Crippen LogP contribution is -2.48. The summed E-state index contributed by atoms with van der Waals surface area (Å²) in [5, 5.41) is 11.2. The van der Waals surface area contributed by atoms with Crippen molar-refractivity contribution in [3.63, 3.8) is 0 Å². The summed E-state index contributed by atoms with van der Waals surface area (Å²) in [4.78, 5) is 32.9. The van der Waals surface area contributed by atoms with Crippen molar-refractivity contribution in [3.05, 3.63) is 84.4 Å². The van der Waals surface area contributed by atoms with E-state index in [0.717, 1.165) is 23.0 Å². The molecule has 0 aliphatic carbocycles. The zero-order chi connectivity index (χ0) is 25.6. The number of carbonyl (C=O) groups is 2. The van der Waals surface area contributed by atoms with Crippen molar-refractivity contribution in [1.82, 2.24) is 20.1 Å². The number of pyridine rings is 1. The Morgan fingerprint density at radius 1 is 0.919 bits per heavy atom. The van der Waals surface area contributed by atoms with Crippen molar-refractivity contribution in [2.45, 2.75) is 5.22 Å². The van der Waals surface area contributed by atoms with Gasteiger partial charge >= 0.3 is 0 Å². The molecule has 5 rings (SSSR count). The van der Waals surface area contributed by atoms with Gasteiger partial charge in [-0.2, -0.15) is 0 Å². The van der Waals surface area contributed by atoms with Crippen molar-refractivity contribution < 1.29 is 18.4 Å². The third kappa shape index (κ3) is 6.12. The summed E-state index contributed by atoms with van der Waals surface area (Å²) in [5.41, 5.74) is 2.94. The smallest absolute Gasteiger partial charge is 0.277 e. The molecule has 1 fully saturated rings. The van der Waals surface area contributed by atoms with E-state index in [0.29, 0.717) is 48.5 Å². The second-order valence-electron chi connectivity index (χ2n) is 8.28. The minimum Gasteiger partial charge on any atom is -0.411 e. The van der Waals surface area contributed by atoms with Gasteiger partial charge in [-0.05, 0) is 60.7 Å². The summed E-state index contributed by atoms with van der Waals surface area (Å²) in [6, 6.07) is 16.7. The number of carbonyl (C=O) groups excluding carboxylic acids is 2. The number of benzene rings is 2. The predicted molar refractivity (Wildman–Crippen MR) is 138 cm³/mol. The van der Waals surface area contributed by atoms with Crippen molar-refractivity contribution >= 4 is 35.0 Å². The van der Waals surface area contributed by atoms with E-state index in [4.69, 9.17) is 4.42 Å². The second kappa shape index (κ2) is 11.2. The topological polar surface area (TPSA) is 104 Å². The van der Waals surface area contributed by atoms with Gasteiger partial charge in [-0.1, -0.05) is 11.8 Å². The molecule has 2 aromatic carbocycles. The third-order valence-electron chi connectivity index (χ3n) is 5.83. The molecule has 2 aromatic heterocycles. The van der Waals surface area contributed by atoms with Crippen LogP contribution in [0.5, 0.6) is 0 Å². The number of rotatable bonds is 7. The van der Waals surface area contributed by atoms with E-state index < -0.39 is 0 Å². The number of amides is 2. The van der Waals surface area contributed by atoms with Crippen LogP contribution in [0.3, 0.4) is 0 Å². The van der Waals surface area contributed by atoms with Gasteiger partial charge in [0.2, 0.25) is 11.8 Å². The molecule has 0 radical (unpaired) electrons. The Bertz CT molecular complexity index is 1360. The minimum absolute atomic E-state index is 0.0929. The lowest BCUT2D eigenvalue weighted by atomic mass is 10.1. The summed E-state index contributed by atoms with van der Waals surface area (Å²) in [6.45, 7) is 2.51. The highest BCUT2D eigenvalue weighted by molar-refractivity contribution is 7.99. The zero-order valence-electron chi connectivity index (χ0n) is 19.7. The van der Waals surface area contributed by atoms with Crippen molar-refractivity contribution in [3.8, 4) is 11.5 Å². The van der Waals surface area contributed by atoms with Crippen LogP contribution in [0.15, 0.2) is 82.7 Å². The van der Waals surface area contributed by atoms with Crippen molar-refractivity contribution in [2.75, 3.05) is 42.1 Å². The molecule has 9 nitrogen and oxygen atoms in total. The molecule has 11 heteroatoms. The number of thioether (sulfide) groups is 1. The van der Waals surface area contributed by atoms with Crippen LogP contribution in [-0.2, 0) is 4.79 Å². The van der Waals surface area contributed by atoms with Gasteiger partial charge in [-0.3, -0.25) is 14.6 Å². The molecule has 188 valence electrons. The van der Waals surface area contributed by atoms with E-state index in [1.807, 2.05) is 24.3 Å². The van der Waals surface area contributed by atoms with Gasteiger partial charge in [-0.25, -0.2) is 4.39 Å². The summed E-state index contributed by atoms with van der Waals surface area (Å²) in [6.07, 6.45) is 3.28. The van der Waals surface area contributed by atoms with Gasteiger partial charge in [0.1, 0.15) is 5.82 Å². The van der Waals surface area contributed by atoms with Crippen LogP contribution >= 0.6 is 11.8 Å². The molecule has 1 aliphatic rings. The molecule has 4 aromatic rings. The number of anilines is 2. The normalized spacial score (nSPS) is 13.4. The summed E-state index contributed by atoms with van der Waals surface area (Å²) < 4.78 is 18.7. The van der Waals surface area contributed by atoms with Gasteiger partial charge in [0.25, 0.3) is 11.1 Å². The van der Waals surface area contributed by atoms with Gasteiger partial charge < -0.3 is 19.5 Å². The second-order valence-corrected chi connectivity index (χ2v) is 9.21. The number of piperazine rings is 1.